The van der Waals surface area contributed by atoms with Crippen molar-refractivity contribution in [2.45, 2.75) is 26.1 Å². The van der Waals surface area contributed by atoms with Gasteiger partial charge < -0.3 is 10.5 Å². The van der Waals surface area contributed by atoms with Crippen LogP contribution < -0.4 is 16.2 Å². The molecule has 0 unspecified atom stereocenters. The third-order valence-electron chi connectivity index (χ3n) is 7.13. The first-order valence-electron chi connectivity index (χ1n) is 12.8. The number of aromatic nitrogens is 2. The van der Waals surface area contributed by atoms with Crippen molar-refractivity contribution < 1.29 is 4.74 Å². The molecule has 37 heavy (non-hydrogen) atoms. The lowest BCUT2D eigenvalue weighted by Gasteiger charge is -2.35. The van der Waals surface area contributed by atoms with Gasteiger partial charge in [0.1, 0.15) is 5.75 Å². The van der Waals surface area contributed by atoms with Crippen LogP contribution >= 0.6 is 11.6 Å². The molecule has 0 aliphatic carbocycles. The normalized spacial score (nSPS) is 14.9. The Kier molecular flexibility index (Phi) is 7.96. The van der Waals surface area contributed by atoms with Gasteiger partial charge >= 0.3 is 5.69 Å². The molecule has 0 atom stereocenters. The smallest absolute Gasteiger partial charge is 0.333 e. The van der Waals surface area contributed by atoms with Crippen LogP contribution in [0.1, 0.15) is 17.5 Å². The zero-order valence-electron chi connectivity index (χ0n) is 21.3. The van der Waals surface area contributed by atoms with Crippen LogP contribution in [0, 0.1) is 0 Å². The number of nitrogens with two attached hydrogens (primary N) is 1. The minimum atomic E-state index is -0.0426. The standard InChI is InChI=1S/C29H34ClN5O2/c1-37-25-10-8-24(9-11-25)35-28-19-22(7-12-27(28)34(29(35)36)14-4-13-31)20-32-15-17-33(18-16-32)21-23-5-2-3-6-26(23)30/h2-3,5-12,19H,4,13-18,20-21,31H2,1H3. The molecule has 2 N–H and O–H groups in total. The molecule has 3 aromatic carbocycles. The molecule has 8 heteroatoms. The van der Waals surface area contributed by atoms with Gasteiger partial charge in [0.2, 0.25) is 0 Å². The number of piperazine rings is 1. The maximum absolute atomic E-state index is 13.5. The molecule has 1 fully saturated rings. The van der Waals surface area contributed by atoms with Gasteiger partial charge in [-0.15, -0.1) is 0 Å². The number of hydrogen-bond acceptors (Lipinski definition) is 5. The van der Waals surface area contributed by atoms with Crippen molar-refractivity contribution in [3.63, 3.8) is 0 Å². The van der Waals surface area contributed by atoms with E-state index in [1.165, 1.54) is 11.1 Å². The summed E-state index contributed by atoms with van der Waals surface area (Å²) in [6.07, 6.45) is 0.752. The predicted octanol–water partition coefficient (Wildman–Crippen LogP) is 4.12. The fourth-order valence-corrected chi connectivity index (χ4v) is 5.27. The van der Waals surface area contributed by atoms with Crippen LogP contribution in [0.5, 0.6) is 5.75 Å². The summed E-state index contributed by atoms with van der Waals surface area (Å²) < 4.78 is 8.95. The van der Waals surface area contributed by atoms with Crippen LogP contribution in [0.2, 0.25) is 5.02 Å². The zero-order chi connectivity index (χ0) is 25.8. The molecule has 1 aliphatic heterocycles. The number of imidazole rings is 1. The molecule has 7 nitrogen and oxygen atoms in total. The Labute approximate surface area is 222 Å². The highest BCUT2D eigenvalue weighted by molar-refractivity contribution is 6.31. The summed E-state index contributed by atoms with van der Waals surface area (Å²) >= 11 is 6.36. The second-order valence-electron chi connectivity index (χ2n) is 9.58. The molecule has 2 heterocycles. The minimum absolute atomic E-state index is 0.0426. The summed E-state index contributed by atoms with van der Waals surface area (Å²) in [6.45, 7) is 6.85. The highest BCUT2D eigenvalue weighted by Gasteiger charge is 2.20. The molecule has 4 aromatic rings. The van der Waals surface area contributed by atoms with Crippen molar-refractivity contribution in [2.24, 2.45) is 5.73 Å². The quantitative estimate of drug-likeness (QED) is 0.360. The summed E-state index contributed by atoms with van der Waals surface area (Å²) in [5.41, 5.74) is 10.8. The predicted molar refractivity (Wildman–Crippen MR) is 150 cm³/mol. The number of methoxy groups -OCH3 is 1. The van der Waals surface area contributed by atoms with E-state index in [4.69, 9.17) is 22.1 Å². The second kappa shape index (κ2) is 11.5. The largest absolute Gasteiger partial charge is 0.497 e. The van der Waals surface area contributed by atoms with Gasteiger partial charge in [-0.05, 0) is 66.6 Å². The van der Waals surface area contributed by atoms with Crippen molar-refractivity contribution in [3.8, 4) is 11.4 Å². The zero-order valence-corrected chi connectivity index (χ0v) is 22.0. The van der Waals surface area contributed by atoms with E-state index in [9.17, 15) is 4.79 Å². The van der Waals surface area contributed by atoms with Crippen molar-refractivity contribution in [3.05, 3.63) is 93.4 Å². The number of aryl methyl sites for hydroxylation is 1. The van der Waals surface area contributed by atoms with Crippen molar-refractivity contribution >= 4 is 22.6 Å². The van der Waals surface area contributed by atoms with Gasteiger partial charge in [0.15, 0.2) is 0 Å². The molecule has 5 rings (SSSR count). The van der Waals surface area contributed by atoms with Crippen molar-refractivity contribution in [1.29, 1.82) is 0 Å². The number of hydrogen-bond donors (Lipinski definition) is 1. The molecule has 0 radical (unpaired) electrons. The SMILES string of the molecule is COc1ccc(-n2c(=O)n(CCCN)c3ccc(CN4CCN(Cc5ccccc5Cl)CC4)cc32)cc1. The van der Waals surface area contributed by atoms with Gasteiger partial charge in [0.25, 0.3) is 0 Å². The molecule has 1 saturated heterocycles. The molecule has 1 aromatic heterocycles. The summed E-state index contributed by atoms with van der Waals surface area (Å²) in [4.78, 5) is 18.4. The Morgan fingerprint density at radius 3 is 2.27 bits per heavy atom. The van der Waals surface area contributed by atoms with Gasteiger partial charge in [-0.1, -0.05) is 35.9 Å². The Bertz CT molecular complexity index is 1400. The van der Waals surface area contributed by atoms with E-state index in [1.54, 1.807) is 11.7 Å². The molecule has 194 valence electrons. The van der Waals surface area contributed by atoms with E-state index in [0.717, 1.165) is 73.2 Å². The summed E-state index contributed by atoms with van der Waals surface area (Å²) in [5, 5.41) is 0.833. The van der Waals surface area contributed by atoms with Crippen LogP contribution in [-0.2, 0) is 19.6 Å². The first kappa shape index (κ1) is 25.5. The third kappa shape index (κ3) is 5.60. The fourth-order valence-electron chi connectivity index (χ4n) is 5.08. The number of halogens is 1. The summed E-state index contributed by atoms with van der Waals surface area (Å²) in [7, 11) is 1.64. The lowest BCUT2D eigenvalue weighted by molar-refractivity contribution is 0.122. The van der Waals surface area contributed by atoms with Gasteiger partial charge in [-0.2, -0.15) is 0 Å². The molecule has 0 bridgehead atoms. The molecule has 0 amide bonds. The Morgan fingerprint density at radius 2 is 1.59 bits per heavy atom. The van der Waals surface area contributed by atoms with Crippen LogP contribution in [0.3, 0.4) is 0 Å². The number of nitrogens with zero attached hydrogens (tertiary/aromatic N) is 4. The average Bonchev–Trinajstić information content (AvgIpc) is 3.20. The van der Waals surface area contributed by atoms with Crippen molar-refractivity contribution in [2.75, 3.05) is 39.8 Å². The van der Waals surface area contributed by atoms with E-state index in [-0.39, 0.29) is 5.69 Å². The van der Waals surface area contributed by atoms with Gasteiger partial charge in [0, 0.05) is 50.8 Å². The van der Waals surface area contributed by atoms with E-state index in [1.807, 2.05) is 47.0 Å². The number of ether oxygens (including phenoxy) is 1. The van der Waals surface area contributed by atoms with Gasteiger partial charge in [-0.3, -0.25) is 18.9 Å². The fraction of sp³-hybridized carbons (Fsp3) is 0.345. The number of benzene rings is 3. The monoisotopic (exact) mass is 519 g/mol. The van der Waals surface area contributed by atoms with Crippen LogP contribution in [0.4, 0.5) is 0 Å². The van der Waals surface area contributed by atoms with Crippen LogP contribution in [0.25, 0.3) is 16.7 Å². The molecular formula is C29H34ClN5O2. The minimum Gasteiger partial charge on any atom is -0.497 e. The highest BCUT2D eigenvalue weighted by Crippen LogP contribution is 2.23. The van der Waals surface area contributed by atoms with Gasteiger partial charge in [0.05, 0.1) is 23.8 Å². The Hall–Kier alpha value is -3.10. The van der Waals surface area contributed by atoms with E-state index in [2.05, 4.69) is 34.1 Å². The molecule has 0 saturated carbocycles. The van der Waals surface area contributed by atoms with Gasteiger partial charge in [-0.25, -0.2) is 4.79 Å². The number of fused-ring (bicyclic) bond motifs is 1. The number of rotatable bonds is 9. The molecule has 0 spiro atoms. The lowest BCUT2D eigenvalue weighted by atomic mass is 10.1. The topological polar surface area (TPSA) is 68.7 Å². The first-order valence-corrected chi connectivity index (χ1v) is 13.2. The lowest BCUT2D eigenvalue weighted by Crippen LogP contribution is -2.45. The maximum atomic E-state index is 13.5. The van der Waals surface area contributed by atoms with Crippen molar-refractivity contribution in [1.82, 2.24) is 18.9 Å². The Morgan fingerprint density at radius 1 is 0.892 bits per heavy atom. The van der Waals surface area contributed by atoms with E-state index in [0.29, 0.717) is 13.1 Å². The van der Waals surface area contributed by atoms with E-state index < -0.39 is 0 Å². The van der Waals surface area contributed by atoms with Crippen LogP contribution in [-0.4, -0.2) is 58.8 Å². The average molecular weight is 520 g/mol. The van der Waals surface area contributed by atoms with Crippen LogP contribution in [0.15, 0.2) is 71.5 Å². The summed E-state index contributed by atoms with van der Waals surface area (Å²) in [6, 6.07) is 22.1. The third-order valence-corrected chi connectivity index (χ3v) is 7.50. The molecular weight excluding hydrogens is 486 g/mol. The highest BCUT2D eigenvalue weighted by atomic mass is 35.5. The summed E-state index contributed by atoms with van der Waals surface area (Å²) in [5.74, 6) is 0.762. The second-order valence-corrected chi connectivity index (χ2v) is 9.98. The Balaban J connectivity index is 1.36. The first-order chi connectivity index (χ1) is 18.1. The molecule has 1 aliphatic rings. The maximum Gasteiger partial charge on any atom is 0.333 e. The van der Waals surface area contributed by atoms with E-state index >= 15 is 0 Å².